The predicted molar refractivity (Wildman–Crippen MR) is 111 cm³/mol. The number of morpholine rings is 1. The summed E-state index contributed by atoms with van der Waals surface area (Å²) in [5, 5.41) is 11.0. The summed E-state index contributed by atoms with van der Waals surface area (Å²) in [5.41, 5.74) is 1.73. The number of pyridine rings is 1. The standard InChI is InChI=1S/C19H23N3O2S.C2HF3O2/c23-18(16-4-12-25-14-16)22-10-11-24-19(15-22)5-8-21(9-6-19)13-17-3-1-2-7-20-17;3-2(4,5)1(6)7/h1-4,7,12,14H,5-6,8-11,13,15H2;(H,6,7). The molecule has 32 heavy (non-hydrogen) atoms. The van der Waals surface area contributed by atoms with Gasteiger partial charge >= 0.3 is 12.1 Å². The summed E-state index contributed by atoms with van der Waals surface area (Å²) in [7, 11) is 0. The minimum absolute atomic E-state index is 0.139. The lowest BCUT2D eigenvalue weighted by Crippen LogP contribution is -2.57. The van der Waals surface area contributed by atoms with Crippen molar-refractivity contribution in [2.45, 2.75) is 31.2 Å². The number of nitrogens with zero attached hydrogens (tertiary/aromatic N) is 3. The molecule has 7 nitrogen and oxygen atoms in total. The summed E-state index contributed by atoms with van der Waals surface area (Å²) in [4.78, 5) is 30.4. The molecule has 4 rings (SSSR count). The zero-order valence-electron chi connectivity index (χ0n) is 17.3. The number of carboxylic acids is 1. The van der Waals surface area contributed by atoms with Crippen LogP contribution in [-0.2, 0) is 16.1 Å². The van der Waals surface area contributed by atoms with Crippen LogP contribution in [0, 0.1) is 0 Å². The molecule has 11 heteroatoms. The maximum Gasteiger partial charge on any atom is 0.490 e. The van der Waals surface area contributed by atoms with E-state index in [0.717, 1.165) is 43.7 Å². The highest BCUT2D eigenvalue weighted by Crippen LogP contribution is 2.31. The summed E-state index contributed by atoms with van der Waals surface area (Å²) in [6.45, 7) is 4.88. The zero-order chi connectivity index (χ0) is 23.2. The number of piperidine rings is 1. The Morgan fingerprint density at radius 3 is 2.47 bits per heavy atom. The quantitative estimate of drug-likeness (QED) is 0.740. The molecule has 0 aromatic carbocycles. The summed E-state index contributed by atoms with van der Waals surface area (Å²) < 4.78 is 37.9. The van der Waals surface area contributed by atoms with Gasteiger partial charge in [0.1, 0.15) is 0 Å². The van der Waals surface area contributed by atoms with Crippen LogP contribution in [0.25, 0.3) is 0 Å². The molecule has 2 saturated heterocycles. The molecule has 0 bridgehead atoms. The van der Waals surface area contributed by atoms with Gasteiger partial charge in [0.2, 0.25) is 0 Å². The first-order valence-corrected chi connectivity index (χ1v) is 11.0. The van der Waals surface area contributed by atoms with Crippen molar-refractivity contribution in [3.8, 4) is 0 Å². The summed E-state index contributed by atoms with van der Waals surface area (Å²) in [6.07, 6.45) is -1.31. The molecule has 2 aromatic heterocycles. The fourth-order valence-electron chi connectivity index (χ4n) is 3.73. The van der Waals surface area contributed by atoms with Crippen LogP contribution in [0.15, 0.2) is 41.2 Å². The number of aliphatic carboxylic acids is 1. The normalized spacial score (nSPS) is 18.7. The Morgan fingerprint density at radius 2 is 1.91 bits per heavy atom. The Hall–Kier alpha value is -2.50. The fourth-order valence-corrected chi connectivity index (χ4v) is 4.36. The van der Waals surface area contributed by atoms with Crippen LogP contribution in [0.3, 0.4) is 0 Å². The van der Waals surface area contributed by atoms with E-state index in [9.17, 15) is 18.0 Å². The largest absolute Gasteiger partial charge is 0.490 e. The molecule has 0 unspecified atom stereocenters. The van der Waals surface area contributed by atoms with Crippen molar-refractivity contribution in [2.75, 3.05) is 32.8 Å². The Morgan fingerprint density at radius 1 is 1.19 bits per heavy atom. The lowest BCUT2D eigenvalue weighted by molar-refractivity contribution is -0.192. The highest BCUT2D eigenvalue weighted by atomic mass is 32.1. The van der Waals surface area contributed by atoms with E-state index in [1.54, 1.807) is 11.3 Å². The number of thiophene rings is 1. The van der Waals surface area contributed by atoms with Gasteiger partial charge in [-0.25, -0.2) is 4.79 Å². The van der Waals surface area contributed by atoms with Gasteiger partial charge < -0.3 is 14.7 Å². The van der Waals surface area contributed by atoms with E-state index in [-0.39, 0.29) is 11.5 Å². The third kappa shape index (κ3) is 6.50. The van der Waals surface area contributed by atoms with Gasteiger partial charge in [0.25, 0.3) is 5.91 Å². The van der Waals surface area contributed by atoms with Crippen molar-refractivity contribution in [3.63, 3.8) is 0 Å². The summed E-state index contributed by atoms with van der Waals surface area (Å²) in [6, 6.07) is 7.96. The minimum atomic E-state index is -5.08. The second-order valence-electron chi connectivity index (χ2n) is 7.67. The number of carbonyl (C=O) groups is 2. The molecular weight excluding hydrogens is 447 g/mol. The fraction of sp³-hybridized carbons (Fsp3) is 0.476. The number of carbonyl (C=O) groups excluding carboxylic acids is 1. The van der Waals surface area contributed by atoms with E-state index in [1.807, 2.05) is 40.1 Å². The number of ether oxygens (including phenoxy) is 1. The molecule has 1 amide bonds. The topological polar surface area (TPSA) is 83.0 Å². The molecule has 4 heterocycles. The van der Waals surface area contributed by atoms with Crippen LogP contribution in [0.4, 0.5) is 13.2 Å². The molecule has 174 valence electrons. The molecule has 1 N–H and O–H groups in total. The van der Waals surface area contributed by atoms with Crippen molar-refractivity contribution in [1.29, 1.82) is 0 Å². The average molecular weight is 472 g/mol. The number of carboxylic acid groups (broad SMARTS) is 1. The van der Waals surface area contributed by atoms with E-state index < -0.39 is 12.1 Å². The Labute approximate surface area is 187 Å². The maximum absolute atomic E-state index is 12.7. The Kier molecular flexibility index (Phi) is 7.86. The third-order valence-electron chi connectivity index (χ3n) is 5.43. The summed E-state index contributed by atoms with van der Waals surface area (Å²) in [5.74, 6) is -2.62. The average Bonchev–Trinajstić information content (AvgIpc) is 3.31. The van der Waals surface area contributed by atoms with Crippen LogP contribution in [0.2, 0.25) is 0 Å². The van der Waals surface area contributed by atoms with E-state index in [0.29, 0.717) is 19.7 Å². The van der Waals surface area contributed by atoms with Crippen molar-refractivity contribution in [3.05, 3.63) is 52.5 Å². The molecule has 0 atom stereocenters. The Bertz CT molecular complexity index is 885. The van der Waals surface area contributed by atoms with Crippen LogP contribution >= 0.6 is 11.3 Å². The van der Waals surface area contributed by atoms with Gasteiger partial charge in [-0.15, -0.1) is 0 Å². The van der Waals surface area contributed by atoms with Gasteiger partial charge in [0.05, 0.1) is 30.0 Å². The lowest BCUT2D eigenvalue weighted by Gasteiger charge is -2.47. The molecule has 0 saturated carbocycles. The Balaban J connectivity index is 0.000000360. The molecule has 2 fully saturated rings. The number of aromatic nitrogens is 1. The monoisotopic (exact) mass is 471 g/mol. The predicted octanol–water partition coefficient (Wildman–Crippen LogP) is 3.28. The lowest BCUT2D eigenvalue weighted by atomic mass is 9.89. The molecular formula is C21H24F3N3O4S. The van der Waals surface area contributed by atoms with Crippen LogP contribution in [0.1, 0.15) is 28.9 Å². The van der Waals surface area contributed by atoms with Crippen molar-refractivity contribution < 1.29 is 32.6 Å². The molecule has 0 aliphatic carbocycles. The summed E-state index contributed by atoms with van der Waals surface area (Å²) >= 11 is 1.57. The molecule has 0 radical (unpaired) electrons. The highest BCUT2D eigenvalue weighted by molar-refractivity contribution is 7.08. The van der Waals surface area contributed by atoms with Gasteiger partial charge in [-0.1, -0.05) is 6.07 Å². The van der Waals surface area contributed by atoms with Gasteiger partial charge in [-0.2, -0.15) is 24.5 Å². The highest BCUT2D eigenvalue weighted by Gasteiger charge is 2.41. The first-order valence-electron chi connectivity index (χ1n) is 10.1. The first-order chi connectivity index (χ1) is 15.2. The van der Waals surface area contributed by atoms with E-state index >= 15 is 0 Å². The maximum atomic E-state index is 12.7. The minimum Gasteiger partial charge on any atom is -0.475 e. The van der Waals surface area contributed by atoms with E-state index in [1.165, 1.54) is 0 Å². The smallest absolute Gasteiger partial charge is 0.475 e. The molecule has 2 aliphatic rings. The molecule has 1 spiro atoms. The number of rotatable bonds is 3. The second kappa shape index (κ2) is 10.4. The van der Waals surface area contributed by atoms with E-state index in [2.05, 4.69) is 16.0 Å². The third-order valence-corrected chi connectivity index (χ3v) is 6.11. The second-order valence-corrected chi connectivity index (χ2v) is 8.45. The number of halogens is 3. The zero-order valence-corrected chi connectivity index (χ0v) is 18.1. The SMILES string of the molecule is O=C(O)C(F)(F)F.O=C(c1ccsc1)N1CCOC2(CCN(Cc3ccccn3)CC2)C1. The van der Waals surface area contributed by atoms with Gasteiger partial charge in [0, 0.05) is 37.8 Å². The van der Waals surface area contributed by atoms with Crippen LogP contribution < -0.4 is 0 Å². The first kappa shape index (κ1) is 24.1. The van der Waals surface area contributed by atoms with Crippen LogP contribution in [-0.4, -0.2) is 76.3 Å². The molecule has 2 aliphatic heterocycles. The number of hydrogen-bond acceptors (Lipinski definition) is 6. The number of amides is 1. The number of alkyl halides is 3. The number of likely N-dealkylation sites (tertiary alicyclic amines) is 1. The van der Waals surface area contributed by atoms with Crippen LogP contribution in [0.5, 0.6) is 0 Å². The van der Waals surface area contributed by atoms with Gasteiger partial charge in [-0.3, -0.25) is 14.7 Å². The molecule has 2 aromatic rings. The van der Waals surface area contributed by atoms with Crippen molar-refractivity contribution in [2.24, 2.45) is 0 Å². The van der Waals surface area contributed by atoms with Crippen molar-refractivity contribution in [1.82, 2.24) is 14.8 Å². The van der Waals surface area contributed by atoms with E-state index in [4.69, 9.17) is 14.6 Å². The van der Waals surface area contributed by atoms with Crippen molar-refractivity contribution >= 4 is 23.2 Å². The van der Waals surface area contributed by atoms with Gasteiger partial charge in [0.15, 0.2) is 0 Å². The van der Waals surface area contributed by atoms with Gasteiger partial charge in [-0.05, 0) is 36.4 Å². The number of hydrogen-bond donors (Lipinski definition) is 1.